The Labute approximate surface area is 111 Å². The fraction of sp³-hybridized carbons (Fsp3) is 0.857. The van der Waals surface area contributed by atoms with Gasteiger partial charge in [0.05, 0.1) is 31.0 Å². The normalized spacial score (nSPS) is 12.8. The van der Waals surface area contributed by atoms with E-state index in [9.17, 15) is 0 Å². The molecule has 0 unspecified atom stereocenters. The molecule has 0 saturated heterocycles. The van der Waals surface area contributed by atoms with Crippen molar-refractivity contribution < 1.29 is 14.3 Å². The van der Waals surface area contributed by atoms with Gasteiger partial charge in [-0.05, 0) is 41.0 Å². The zero-order chi connectivity index (χ0) is 14.2. The van der Waals surface area contributed by atoms with Gasteiger partial charge in [-0.15, -0.1) is 6.58 Å². The Bertz CT molecular complexity index is 249. The van der Waals surface area contributed by atoms with Crippen LogP contribution in [0.4, 0.5) is 0 Å². The van der Waals surface area contributed by atoms with Crippen LogP contribution in [0, 0.1) is 0 Å². The first-order valence-corrected chi connectivity index (χ1v) is 6.42. The minimum atomic E-state index is -0.235. The molecule has 4 heteroatoms. The molecule has 18 heavy (non-hydrogen) atoms. The molecule has 0 spiro atoms. The van der Waals surface area contributed by atoms with E-state index >= 15 is 0 Å². The summed E-state index contributed by atoms with van der Waals surface area (Å²) in [7, 11) is 0. The molecule has 0 aliphatic heterocycles. The predicted octanol–water partition coefficient (Wildman–Crippen LogP) is 2.82. The lowest BCUT2D eigenvalue weighted by Crippen LogP contribution is -2.31. The lowest BCUT2D eigenvalue weighted by Gasteiger charge is -2.28. The number of rotatable bonds is 10. The van der Waals surface area contributed by atoms with Gasteiger partial charge in [-0.1, -0.05) is 5.57 Å². The SMILES string of the molecule is C=C(C)CC(C)(C)OCCOC(C)(C)CCON. The van der Waals surface area contributed by atoms with Crippen LogP contribution in [-0.2, 0) is 14.3 Å². The number of ether oxygens (including phenoxy) is 2. The monoisotopic (exact) mass is 259 g/mol. The second-order valence-electron chi connectivity index (χ2n) is 5.97. The maximum absolute atomic E-state index is 5.80. The molecule has 0 rings (SSSR count). The molecule has 4 nitrogen and oxygen atoms in total. The predicted molar refractivity (Wildman–Crippen MR) is 74.2 cm³/mol. The summed E-state index contributed by atoms with van der Waals surface area (Å²) < 4.78 is 11.5. The highest BCUT2D eigenvalue weighted by molar-refractivity contribution is 4.94. The van der Waals surface area contributed by atoms with Crippen molar-refractivity contribution in [3.8, 4) is 0 Å². The summed E-state index contributed by atoms with van der Waals surface area (Å²) in [5.41, 5.74) is 0.711. The van der Waals surface area contributed by atoms with Gasteiger partial charge < -0.3 is 14.3 Å². The number of hydrogen-bond acceptors (Lipinski definition) is 4. The Kier molecular flexibility index (Phi) is 7.71. The third-order valence-electron chi connectivity index (χ3n) is 2.62. The Morgan fingerprint density at radius 3 is 1.94 bits per heavy atom. The summed E-state index contributed by atoms with van der Waals surface area (Å²) in [4.78, 5) is 4.56. The van der Waals surface area contributed by atoms with Crippen molar-refractivity contribution in [3.63, 3.8) is 0 Å². The van der Waals surface area contributed by atoms with Crippen LogP contribution in [0.3, 0.4) is 0 Å². The molecular formula is C14H29NO3. The van der Waals surface area contributed by atoms with Crippen LogP contribution in [0.2, 0.25) is 0 Å². The molecule has 0 aromatic rings. The topological polar surface area (TPSA) is 53.7 Å². The third kappa shape index (κ3) is 9.59. The van der Waals surface area contributed by atoms with E-state index in [1.54, 1.807) is 0 Å². The summed E-state index contributed by atoms with van der Waals surface area (Å²) in [6.07, 6.45) is 1.62. The van der Waals surface area contributed by atoms with Crippen molar-refractivity contribution in [1.82, 2.24) is 0 Å². The lowest BCUT2D eigenvalue weighted by molar-refractivity contribution is -0.0919. The Balaban J connectivity index is 3.81. The molecule has 0 aromatic heterocycles. The Morgan fingerprint density at radius 1 is 1.00 bits per heavy atom. The van der Waals surface area contributed by atoms with Crippen molar-refractivity contribution in [2.45, 2.75) is 58.7 Å². The highest BCUT2D eigenvalue weighted by atomic mass is 16.6. The van der Waals surface area contributed by atoms with Crippen molar-refractivity contribution in [3.05, 3.63) is 12.2 Å². The first-order valence-electron chi connectivity index (χ1n) is 6.42. The minimum Gasteiger partial charge on any atom is -0.373 e. The van der Waals surface area contributed by atoms with E-state index in [1.807, 2.05) is 20.8 Å². The quantitative estimate of drug-likeness (QED) is 0.372. The van der Waals surface area contributed by atoms with Gasteiger partial charge >= 0.3 is 0 Å². The first-order chi connectivity index (χ1) is 8.18. The second kappa shape index (κ2) is 7.89. The van der Waals surface area contributed by atoms with Gasteiger partial charge in [-0.3, -0.25) is 0 Å². The summed E-state index contributed by atoms with van der Waals surface area (Å²) >= 11 is 0. The molecule has 0 heterocycles. The Hall–Kier alpha value is -0.420. The fourth-order valence-corrected chi connectivity index (χ4v) is 1.79. The standard InChI is InChI=1S/C14H29NO3/c1-12(2)11-14(5,6)17-10-9-16-13(3,4)7-8-18-15/h1,7-11,15H2,2-6H3. The summed E-state index contributed by atoms with van der Waals surface area (Å²) in [5.74, 6) is 5.01. The molecule has 108 valence electrons. The molecule has 0 bridgehead atoms. The second-order valence-corrected chi connectivity index (χ2v) is 5.97. The van der Waals surface area contributed by atoms with Crippen LogP contribution in [0.25, 0.3) is 0 Å². The molecule has 0 radical (unpaired) electrons. The molecule has 2 N–H and O–H groups in total. The maximum Gasteiger partial charge on any atom is 0.0708 e. The summed E-state index contributed by atoms with van der Waals surface area (Å²) in [6, 6.07) is 0. The van der Waals surface area contributed by atoms with Crippen LogP contribution >= 0.6 is 0 Å². The maximum atomic E-state index is 5.80. The number of hydrogen-bond donors (Lipinski definition) is 1. The summed E-state index contributed by atoms with van der Waals surface area (Å²) in [6.45, 7) is 15.7. The number of nitrogens with two attached hydrogens (primary N) is 1. The molecule has 0 amide bonds. The molecule has 0 saturated carbocycles. The van der Waals surface area contributed by atoms with Crippen LogP contribution in [0.15, 0.2) is 12.2 Å². The highest BCUT2D eigenvalue weighted by Crippen LogP contribution is 2.19. The minimum absolute atomic E-state index is 0.181. The Morgan fingerprint density at radius 2 is 1.50 bits per heavy atom. The van der Waals surface area contributed by atoms with Crippen molar-refractivity contribution in [1.29, 1.82) is 0 Å². The van der Waals surface area contributed by atoms with E-state index in [0.717, 1.165) is 18.4 Å². The molecule has 0 fully saturated rings. The van der Waals surface area contributed by atoms with E-state index < -0.39 is 0 Å². The molecule has 0 aromatic carbocycles. The fourth-order valence-electron chi connectivity index (χ4n) is 1.79. The molecular weight excluding hydrogens is 230 g/mol. The van der Waals surface area contributed by atoms with E-state index in [-0.39, 0.29) is 11.2 Å². The van der Waals surface area contributed by atoms with Gasteiger partial charge in [0.25, 0.3) is 0 Å². The highest BCUT2D eigenvalue weighted by Gasteiger charge is 2.20. The van der Waals surface area contributed by atoms with Crippen LogP contribution in [-0.4, -0.2) is 31.0 Å². The third-order valence-corrected chi connectivity index (χ3v) is 2.62. The van der Waals surface area contributed by atoms with E-state index in [2.05, 4.69) is 25.3 Å². The van der Waals surface area contributed by atoms with Crippen molar-refractivity contribution in [2.75, 3.05) is 19.8 Å². The van der Waals surface area contributed by atoms with Crippen LogP contribution < -0.4 is 5.90 Å². The van der Waals surface area contributed by atoms with Gasteiger partial charge in [0.2, 0.25) is 0 Å². The summed E-state index contributed by atoms with van der Waals surface area (Å²) in [5, 5.41) is 0. The molecule has 0 aliphatic carbocycles. The van der Waals surface area contributed by atoms with E-state index in [0.29, 0.717) is 19.8 Å². The van der Waals surface area contributed by atoms with Gasteiger partial charge in [0.1, 0.15) is 0 Å². The lowest BCUT2D eigenvalue weighted by atomic mass is 10.0. The van der Waals surface area contributed by atoms with Crippen LogP contribution in [0.1, 0.15) is 47.5 Å². The van der Waals surface area contributed by atoms with E-state index in [1.165, 1.54) is 0 Å². The largest absolute Gasteiger partial charge is 0.373 e. The van der Waals surface area contributed by atoms with Crippen molar-refractivity contribution in [2.24, 2.45) is 5.90 Å². The van der Waals surface area contributed by atoms with E-state index in [4.69, 9.17) is 15.4 Å². The van der Waals surface area contributed by atoms with Gasteiger partial charge in [-0.2, -0.15) is 0 Å². The zero-order valence-electron chi connectivity index (χ0n) is 12.5. The first kappa shape index (κ1) is 17.6. The van der Waals surface area contributed by atoms with Gasteiger partial charge in [0, 0.05) is 6.42 Å². The van der Waals surface area contributed by atoms with Gasteiger partial charge in [0.15, 0.2) is 0 Å². The average molecular weight is 259 g/mol. The van der Waals surface area contributed by atoms with Crippen molar-refractivity contribution >= 4 is 0 Å². The molecule has 0 atom stereocenters. The smallest absolute Gasteiger partial charge is 0.0708 e. The zero-order valence-corrected chi connectivity index (χ0v) is 12.5. The van der Waals surface area contributed by atoms with Crippen LogP contribution in [0.5, 0.6) is 0 Å². The van der Waals surface area contributed by atoms with Gasteiger partial charge in [-0.25, -0.2) is 5.90 Å². The average Bonchev–Trinajstić information content (AvgIpc) is 2.20. The molecule has 0 aliphatic rings.